The standard InChI is InChI=1S/C15H33NO4/c1-14(2)9-6-4-3-5-7-10-16(20,11-8-12-17)13-15(18)19/h14-15,17-19H,3-13H2,1-2H3. The molecule has 0 heterocycles. The van der Waals surface area contributed by atoms with Crippen LogP contribution in [0.15, 0.2) is 0 Å². The molecule has 0 aromatic carbocycles. The molecule has 3 N–H and O–H groups in total. The van der Waals surface area contributed by atoms with E-state index in [1.807, 2.05) is 0 Å². The monoisotopic (exact) mass is 291 g/mol. The van der Waals surface area contributed by atoms with Crippen LogP contribution in [0.25, 0.3) is 0 Å². The third-order valence-electron chi connectivity index (χ3n) is 3.57. The maximum absolute atomic E-state index is 12.4. The highest BCUT2D eigenvalue weighted by Crippen LogP contribution is 2.14. The molecule has 0 saturated carbocycles. The van der Waals surface area contributed by atoms with Crippen molar-refractivity contribution in [1.82, 2.24) is 0 Å². The molecule has 0 bridgehead atoms. The summed E-state index contributed by atoms with van der Waals surface area (Å²) >= 11 is 0. The summed E-state index contributed by atoms with van der Waals surface area (Å²) in [6.45, 7) is 4.88. The van der Waals surface area contributed by atoms with Crippen molar-refractivity contribution in [1.29, 1.82) is 0 Å². The summed E-state index contributed by atoms with van der Waals surface area (Å²) in [5, 5.41) is 39.1. The fourth-order valence-corrected chi connectivity index (χ4v) is 2.43. The Morgan fingerprint density at radius 3 is 2.00 bits per heavy atom. The van der Waals surface area contributed by atoms with Gasteiger partial charge in [-0.1, -0.05) is 39.5 Å². The minimum absolute atomic E-state index is 0.0288. The van der Waals surface area contributed by atoms with E-state index in [1.54, 1.807) is 0 Å². The van der Waals surface area contributed by atoms with Crippen LogP contribution in [0.2, 0.25) is 0 Å². The minimum atomic E-state index is -1.57. The van der Waals surface area contributed by atoms with Gasteiger partial charge in [0.25, 0.3) is 0 Å². The Labute approximate surface area is 123 Å². The molecule has 1 atom stereocenters. The van der Waals surface area contributed by atoms with Crippen LogP contribution in [-0.4, -0.2) is 52.5 Å². The molecule has 0 aliphatic rings. The zero-order valence-corrected chi connectivity index (χ0v) is 13.1. The summed E-state index contributed by atoms with van der Waals surface area (Å²) < 4.78 is -0.607. The highest BCUT2D eigenvalue weighted by atomic mass is 16.6. The van der Waals surface area contributed by atoms with E-state index >= 15 is 0 Å². The molecule has 0 aromatic heterocycles. The van der Waals surface area contributed by atoms with E-state index in [9.17, 15) is 5.21 Å². The Hall–Kier alpha value is -0.200. The number of rotatable bonds is 13. The molecule has 1 unspecified atom stereocenters. The number of hydrogen-bond acceptors (Lipinski definition) is 4. The van der Waals surface area contributed by atoms with Crippen LogP contribution in [-0.2, 0) is 0 Å². The van der Waals surface area contributed by atoms with Crippen LogP contribution in [0.1, 0.15) is 58.8 Å². The molecule has 0 radical (unpaired) electrons. The second kappa shape index (κ2) is 11.5. The summed E-state index contributed by atoms with van der Waals surface area (Å²) in [7, 11) is 0. The van der Waals surface area contributed by atoms with Crippen molar-refractivity contribution in [2.45, 2.75) is 65.1 Å². The van der Waals surface area contributed by atoms with Crippen molar-refractivity contribution in [3.05, 3.63) is 5.21 Å². The minimum Gasteiger partial charge on any atom is -0.633 e. The van der Waals surface area contributed by atoms with E-state index in [0.29, 0.717) is 13.0 Å². The van der Waals surface area contributed by atoms with Gasteiger partial charge in [0.15, 0.2) is 0 Å². The van der Waals surface area contributed by atoms with Crippen molar-refractivity contribution in [2.24, 2.45) is 5.92 Å². The van der Waals surface area contributed by atoms with Gasteiger partial charge < -0.3 is 25.2 Å². The zero-order chi connectivity index (χ0) is 15.4. The number of nitrogens with zero attached hydrogens (tertiary/aromatic N) is 1. The quantitative estimate of drug-likeness (QED) is 0.210. The van der Waals surface area contributed by atoms with Crippen molar-refractivity contribution in [3.63, 3.8) is 0 Å². The number of hydrogen-bond donors (Lipinski definition) is 3. The van der Waals surface area contributed by atoms with Crippen LogP contribution < -0.4 is 0 Å². The molecular weight excluding hydrogens is 258 g/mol. The van der Waals surface area contributed by atoms with E-state index < -0.39 is 10.9 Å². The lowest BCUT2D eigenvalue weighted by atomic mass is 10.0. The zero-order valence-electron chi connectivity index (χ0n) is 13.1. The van der Waals surface area contributed by atoms with Gasteiger partial charge in [-0.15, -0.1) is 0 Å². The second-order valence-corrected chi connectivity index (χ2v) is 6.20. The first kappa shape index (κ1) is 19.8. The molecule has 5 heteroatoms. The maximum atomic E-state index is 12.4. The topological polar surface area (TPSA) is 83.8 Å². The molecule has 0 aliphatic carbocycles. The smallest absolute Gasteiger partial charge is 0.202 e. The van der Waals surface area contributed by atoms with Gasteiger partial charge in [0, 0.05) is 13.0 Å². The van der Waals surface area contributed by atoms with Gasteiger partial charge in [-0.25, -0.2) is 0 Å². The van der Waals surface area contributed by atoms with E-state index in [1.165, 1.54) is 19.3 Å². The first-order valence-electron chi connectivity index (χ1n) is 7.94. The maximum Gasteiger partial charge on any atom is 0.202 e. The molecule has 0 spiro atoms. The normalized spacial score (nSPS) is 15.0. The van der Waals surface area contributed by atoms with Crippen LogP contribution in [0.5, 0.6) is 0 Å². The van der Waals surface area contributed by atoms with Gasteiger partial charge in [-0.2, -0.15) is 0 Å². The van der Waals surface area contributed by atoms with Gasteiger partial charge in [0.1, 0.15) is 6.54 Å². The van der Waals surface area contributed by atoms with Crippen molar-refractivity contribution >= 4 is 0 Å². The van der Waals surface area contributed by atoms with Gasteiger partial charge in [0.2, 0.25) is 6.29 Å². The number of hydroxylamine groups is 3. The molecule has 20 heavy (non-hydrogen) atoms. The molecule has 0 fully saturated rings. The van der Waals surface area contributed by atoms with Crippen LogP contribution >= 0.6 is 0 Å². The summed E-state index contributed by atoms with van der Waals surface area (Å²) in [6.07, 6.45) is 5.50. The fraction of sp³-hybridized carbons (Fsp3) is 1.00. The molecule has 0 aliphatic heterocycles. The van der Waals surface area contributed by atoms with Crippen molar-refractivity contribution in [2.75, 3.05) is 26.2 Å². The van der Waals surface area contributed by atoms with Crippen LogP contribution in [0, 0.1) is 11.1 Å². The lowest BCUT2D eigenvalue weighted by Gasteiger charge is -2.43. The summed E-state index contributed by atoms with van der Waals surface area (Å²) in [4.78, 5) is 0. The lowest BCUT2D eigenvalue weighted by Crippen LogP contribution is -2.48. The first-order valence-corrected chi connectivity index (χ1v) is 7.94. The molecule has 0 aromatic rings. The molecule has 122 valence electrons. The van der Waals surface area contributed by atoms with Crippen molar-refractivity contribution in [3.8, 4) is 0 Å². The number of quaternary nitrogens is 1. The highest BCUT2D eigenvalue weighted by molar-refractivity contribution is 4.51. The summed E-state index contributed by atoms with van der Waals surface area (Å²) in [6, 6.07) is 0. The predicted octanol–water partition coefficient (Wildman–Crippen LogP) is 1.99. The Morgan fingerprint density at radius 2 is 1.45 bits per heavy atom. The van der Waals surface area contributed by atoms with Crippen LogP contribution in [0.4, 0.5) is 0 Å². The third-order valence-corrected chi connectivity index (χ3v) is 3.57. The Kier molecular flexibility index (Phi) is 11.3. The molecular formula is C15H33NO4. The third kappa shape index (κ3) is 11.6. The number of aliphatic hydroxyl groups excluding tert-OH is 2. The number of unbranched alkanes of at least 4 members (excludes halogenated alkanes) is 4. The van der Waals surface area contributed by atoms with E-state index in [4.69, 9.17) is 15.3 Å². The largest absolute Gasteiger partial charge is 0.633 e. The SMILES string of the molecule is CC(C)CCCCCCC[N+]([O-])(CCCO)CC(O)O. The average Bonchev–Trinajstić information content (AvgIpc) is 2.34. The molecule has 0 saturated heterocycles. The number of aliphatic hydroxyl groups is 3. The molecule has 0 rings (SSSR count). The summed E-state index contributed by atoms with van der Waals surface area (Å²) in [5.74, 6) is 0.755. The second-order valence-electron chi connectivity index (χ2n) is 6.20. The molecule has 5 nitrogen and oxygen atoms in total. The first-order chi connectivity index (χ1) is 9.39. The van der Waals surface area contributed by atoms with E-state index in [-0.39, 0.29) is 19.7 Å². The predicted molar refractivity (Wildman–Crippen MR) is 80.7 cm³/mol. The van der Waals surface area contributed by atoms with Gasteiger partial charge in [-0.05, 0) is 18.8 Å². The van der Waals surface area contributed by atoms with Gasteiger partial charge in [0.05, 0.1) is 13.1 Å². The Balaban J connectivity index is 3.78. The Bertz CT molecular complexity index is 224. The molecule has 0 amide bonds. The lowest BCUT2D eigenvalue weighted by molar-refractivity contribution is -0.887. The van der Waals surface area contributed by atoms with Crippen LogP contribution in [0.3, 0.4) is 0 Å². The van der Waals surface area contributed by atoms with Crippen molar-refractivity contribution < 1.29 is 20.0 Å². The average molecular weight is 291 g/mol. The van der Waals surface area contributed by atoms with Gasteiger partial charge >= 0.3 is 0 Å². The summed E-state index contributed by atoms with van der Waals surface area (Å²) in [5.41, 5.74) is 0. The Morgan fingerprint density at radius 1 is 0.900 bits per heavy atom. The van der Waals surface area contributed by atoms with Gasteiger partial charge in [-0.3, -0.25) is 0 Å². The van der Waals surface area contributed by atoms with E-state index in [2.05, 4.69) is 13.8 Å². The fourth-order valence-electron chi connectivity index (χ4n) is 2.43. The van der Waals surface area contributed by atoms with E-state index in [0.717, 1.165) is 25.2 Å². The highest BCUT2D eigenvalue weighted by Gasteiger charge is 2.19.